The van der Waals surface area contributed by atoms with Gasteiger partial charge in [0.1, 0.15) is 5.69 Å². The van der Waals surface area contributed by atoms with Crippen molar-refractivity contribution in [3.8, 4) is 0 Å². The van der Waals surface area contributed by atoms with Gasteiger partial charge in [-0.3, -0.25) is 14.9 Å². The number of H-pyrrole nitrogens is 1. The summed E-state index contributed by atoms with van der Waals surface area (Å²) in [6.45, 7) is 2.98. The molecule has 2 N–H and O–H groups in total. The van der Waals surface area contributed by atoms with E-state index in [-0.39, 0.29) is 11.4 Å². The fourth-order valence-corrected chi connectivity index (χ4v) is 2.69. The first-order valence-electron chi connectivity index (χ1n) is 8.15. The second-order valence-corrected chi connectivity index (χ2v) is 6.08. The third kappa shape index (κ3) is 3.79. The van der Waals surface area contributed by atoms with Crippen LogP contribution < -0.4 is 5.32 Å². The topological polar surface area (TPSA) is 114 Å². The normalized spacial score (nSPS) is 10.6. The molecular weight excluding hydrogens is 350 g/mol. The Kier molecular flexibility index (Phi) is 4.89. The number of aromatic amines is 1. The summed E-state index contributed by atoms with van der Waals surface area (Å²) in [5.41, 5.74) is 2.48. The number of fused-ring (bicyclic) bond motifs is 1. The molecule has 0 aliphatic heterocycles. The molecule has 0 saturated heterocycles. The Balaban J connectivity index is 1.69. The van der Waals surface area contributed by atoms with Gasteiger partial charge in [0, 0.05) is 23.2 Å². The predicted octanol–water partition coefficient (Wildman–Crippen LogP) is 3.49. The number of hydrogen-bond acceptors (Lipinski definition) is 5. The molecule has 0 aliphatic carbocycles. The van der Waals surface area contributed by atoms with Gasteiger partial charge in [-0.25, -0.2) is 4.79 Å². The maximum absolute atomic E-state index is 12.2. The minimum Gasteiger partial charge on any atom is -0.452 e. The molecule has 0 spiro atoms. The van der Waals surface area contributed by atoms with Gasteiger partial charge in [0.2, 0.25) is 0 Å². The zero-order valence-electron chi connectivity index (χ0n) is 14.7. The molecule has 3 aromatic rings. The van der Waals surface area contributed by atoms with E-state index in [0.717, 1.165) is 16.6 Å². The number of aromatic nitrogens is 1. The second kappa shape index (κ2) is 7.28. The molecule has 0 bridgehead atoms. The quantitative estimate of drug-likeness (QED) is 0.407. The molecule has 0 fully saturated rings. The lowest BCUT2D eigenvalue weighted by molar-refractivity contribution is -0.384. The molecule has 8 nitrogen and oxygen atoms in total. The molecule has 1 amide bonds. The van der Waals surface area contributed by atoms with Crippen molar-refractivity contribution in [2.24, 2.45) is 0 Å². The van der Waals surface area contributed by atoms with Gasteiger partial charge >= 0.3 is 5.97 Å². The summed E-state index contributed by atoms with van der Waals surface area (Å²) in [5.74, 6) is -1.31. The van der Waals surface area contributed by atoms with Crippen molar-refractivity contribution in [1.29, 1.82) is 0 Å². The summed E-state index contributed by atoms with van der Waals surface area (Å²) in [4.78, 5) is 37.9. The van der Waals surface area contributed by atoms with Crippen molar-refractivity contribution in [3.05, 3.63) is 69.4 Å². The predicted molar refractivity (Wildman–Crippen MR) is 99.8 cm³/mol. The first kappa shape index (κ1) is 18.1. The van der Waals surface area contributed by atoms with Gasteiger partial charge in [0.05, 0.1) is 10.5 Å². The van der Waals surface area contributed by atoms with Gasteiger partial charge in [-0.15, -0.1) is 0 Å². The number of nitrogens with zero attached hydrogens (tertiary/aromatic N) is 1. The van der Waals surface area contributed by atoms with Gasteiger partial charge in [-0.05, 0) is 37.1 Å². The van der Waals surface area contributed by atoms with E-state index in [1.54, 1.807) is 26.0 Å². The van der Waals surface area contributed by atoms with Crippen LogP contribution in [0, 0.1) is 24.0 Å². The number of anilines is 1. The van der Waals surface area contributed by atoms with Crippen LogP contribution in [0.3, 0.4) is 0 Å². The van der Waals surface area contributed by atoms with Crippen molar-refractivity contribution in [1.82, 2.24) is 4.98 Å². The molecule has 2 aromatic carbocycles. The van der Waals surface area contributed by atoms with Crippen molar-refractivity contribution in [2.75, 3.05) is 11.9 Å². The summed E-state index contributed by atoms with van der Waals surface area (Å²) in [7, 11) is 0. The van der Waals surface area contributed by atoms with Gasteiger partial charge in [0.15, 0.2) is 6.61 Å². The minimum atomic E-state index is -0.658. The molecule has 0 saturated carbocycles. The van der Waals surface area contributed by atoms with Crippen LogP contribution in [-0.4, -0.2) is 28.4 Å². The maximum atomic E-state index is 12.2. The number of esters is 1. The van der Waals surface area contributed by atoms with Gasteiger partial charge < -0.3 is 15.0 Å². The highest BCUT2D eigenvalue weighted by Crippen LogP contribution is 2.28. The summed E-state index contributed by atoms with van der Waals surface area (Å²) >= 11 is 0. The number of nitro benzene ring substituents is 1. The van der Waals surface area contributed by atoms with Crippen LogP contribution in [0.25, 0.3) is 10.9 Å². The fourth-order valence-electron chi connectivity index (χ4n) is 2.69. The number of rotatable bonds is 5. The molecule has 1 aromatic heterocycles. The highest BCUT2D eigenvalue weighted by molar-refractivity contribution is 6.05. The maximum Gasteiger partial charge on any atom is 0.340 e. The number of aryl methyl sites for hydroxylation is 2. The zero-order chi connectivity index (χ0) is 19.6. The molecule has 8 heteroatoms. The largest absolute Gasteiger partial charge is 0.452 e. The number of carbonyl (C=O) groups excluding carboxylic acids is 2. The molecular formula is C19H17N3O5. The number of ether oxygens (including phenoxy) is 1. The van der Waals surface area contributed by atoms with Crippen molar-refractivity contribution < 1.29 is 19.2 Å². The lowest BCUT2D eigenvalue weighted by Gasteiger charge is -2.09. The van der Waals surface area contributed by atoms with Crippen LogP contribution in [0.2, 0.25) is 0 Å². The average molecular weight is 367 g/mol. The fraction of sp³-hybridized carbons (Fsp3) is 0.158. The standard InChI is InChI=1S/C19H17N3O5/c1-11-7-16(17(22(25)26)8-12(11)2)21-18(23)10-27-19(24)14-9-20-15-6-4-3-5-13(14)15/h3-9,20H,10H2,1-2H3,(H,21,23). The third-order valence-electron chi connectivity index (χ3n) is 4.23. The number of nitro groups is 1. The molecule has 0 aliphatic rings. The summed E-state index contributed by atoms with van der Waals surface area (Å²) < 4.78 is 5.04. The number of para-hydroxylation sites is 1. The Morgan fingerprint density at radius 1 is 1.19 bits per heavy atom. The van der Waals surface area contributed by atoms with Crippen LogP contribution in [0.15, 0.2) is 42.6 Å². The number of nitrogens with one attached hydrogen (secondary N) is 2. The Morgan fingerprint density at radius 2 is 1.89 bits per heavy atom. The average Bonchev–Trinajstić information content (AvgIpc) is 3.06. The number of hydrogen-bond donors (Lipinski definition) is 2. The number of benzene rings is 2. The Bertz CT molecular complexity index is 1050. The molecule has 3 rings (SSSR count). The van der Waals surface area contributed by atoms with E-state index >= 15 is 0 Å². The van der Waals surface area contributed by atoms with Gasteiger partial charge in [0.25, 0.3) is 11.6 Å². The zero-order valence-corrected chi connectivity index (χ0v) is 14.7. The SMILES string of the molecule is Cc1cc(NC(=O)COC(=O)c2c[nH]c3ccccc23)c([N+](=O)[O-])cc1C. The summed E-state index contributed by atoms with van der Waals surface area (Å²) in [5, 5.41) is 14.3. The Labute approximate surface area is 154 Å². The Morgan fingerprint density at radius 3 is 2.63 bits per heavy atom. The van der Waals surface area contributed by atoms with E-state index in [1.807, 2.05) is 12.1 Å². The minimum absolute atomic E-state index is 0.0660. The van der Waals surface area contributed by atoms with Crippen molar-refractivity contribution in [3.63, 3.8) is 0 Å². The number of amides is 1. The van der Waals surface area contributed by atoms with Crippen molar-refractivity contribution >= 4 is 34.2 Å². The summed E-state index contributed by atoms with van der Waals surface area (Å²) in [6, 6.07) is 10.1. The van der Waals surface area contributed by atoms with E-state index in [4.69, 9.17) is 4.74 Å². The van der Waals surface area contributed by atoms with Gasteiger partial charge in [-0.2, -0.15) is 0 Å². The van der Waals surface area contributed by atoms with E-state index in [1.165, 1.54) is 18.3 Å². The van der Waals surface area contributed by atoms with E-state index in [9.17, 15) is 19.7 Å². The molecule has 1 heterocycles. The smallest absolute Gasteiger partial charge is 0.340 e. The first-order chi connectivity index (χ1) is 12.9. The third-order valence-corrected chi connectivity index (χ3v) is 4.23. The van der Waals surface area contributed by atoms with E-state index < -0.39 is 23.4 Å². The molecule has 138 valence electrons. The van der Waals surface area contributed by atoms with Crippen LogP contribution >= 0.6 is 0 Å². The lowest BCUT2D eigenvalue weighted by atomic mass is 10.1. The molecule has 0 radical (unpaired) electrons. The monoisotopic (exact) mass is 367 g/mol. The van der Waals surface area contributed by atoms with Crippen LogP contribution in [0.1, 0.15) is 21.5 Å². The Hall–Kier alpha value is -3.68. The van der Waals surface area contributed by atoms with Crippen LogP contribution in [0.5, 0.6) is 0 Å². The molecule has 27 heavy (non-hydrogen) atoms. The number of carbonyl (C=O) groups is 2. The van der Waals surface area contributed by atoms with Crippen molar-refractivity contribution in [2.45, 2.75) is 13.8 Å². The summed E-state index contributed by atoms with van der Waals surface area (Å²) in [6.07, 6.45) is 1.51. The first-order valence-corrected chi connectivity index (χ1v) is 8.15. The highest BCUT2D eigenvalue weighted by atomic mass is 16.6. The highest BCUT2D eigenvalue weighted by Gasteiger charge is 2.19. The van der Waals surface area contributed by atoms with Gasteiger partial charge in [-0.1, -0.05) is 18.2 Å². The van der Waals surface area contributed by atoms with E-state index in [0.29, 0.717) is 10.9 Å². The molecule has 0 atom stereocenters. The van der Waals surface area contributed by atoms with Crippen LogP contribution in [-0.2, 0) is 9.53 Å². The molecule has 0 unspecified atom stereocenters. The second-order valence-electron chi connectivity index (χ2n) is 6.08. The van der Waals surface area contributed by atoms with Crippen LogP contribution in [0.4, 0.5) is 11.4 Å². The lowest BCUT2D eigenvalue weighted by Crippen LogP contribution is -2.21. The van der Waals surface area contributed by atoms with E-state index in [2.05, 4.69) is 10.3 Å².